The molecule has 0 saturated carbocycles. The lowest BCUT2D eigenvalue weighted by molar-refractivity contribution is -0.117. The van der Waals surface area contributed by atoms with E-state index in [9.17, 15) is 14.4 Å². The van der Waals surface area contributed by atoms with Gasteiger partial charge in [-0.2, -0.15) is 0 Å². The second-order valence-electron chi connectivity index (χ2n) is 3.52. The van der Waals surface area contributed by atoms with Crippen molar-refractivity contribution in [2.45, 2.75) is 18.4 Å². The minimum atomic E-state index is -1.17. The van der Waals surface area contributed by atoms with Crippen molar-refractivity contribution in [3.63, 3.8) is 0 Å². The third-order valence-electron chi connectivity index (χ3n) is 1.93. The quantitative estimate of drug-likeness (QED) is 0.680. The number of aromatic carboxylic acids is 1. The number of amides is 3. The van der Waals surface area contributed by atoms with Crippen LogP contribution in [0.1, 0.15) is 23.9 Å². The first-order chi connectivity index (χ1) is 9.02. The SMILES string of the molecule is CCCNC(=O)NC(=O)CSc1ccc(C(=O)O)o1. The van der Waals surface area contributed by atoms with Crippen molar-refractivity contribution >= 4 is 29.7 Å². The monoisotopic (exact) mass is 286 g/mol. The zero-order chi connectivity index (χ0) is 14.3. The summed E-state index contributed by atoms with van der Waals surface area (Å²) in [7, 11) is 0. The summed E-state index contributed by atoms with van der Waals surface area (Å²) in [6.07, 6.45) is 0.778. The van der Waals surface area contributed by atoms with Crippen LogP contribution in [0.25, 0.3) is 0 Å². The van der Waals surface area contributed by atoms with Crippen molar-refractivity contribution in [1.82, 2.24) is 10.6 Å². The number of hydrogen-bond acceptors (Lipinski definition) is 5. The molecule has 0 saturated heterocycles. The molecule has 104 valence electrons. The Morgan fingerprint density at radius 1 is 1.37 bits per heavy atom. The number of imide groups is 1. The zero-order valence-electron chi connectivity index (χ0n) is 10.3. The van der Waals surface area contributed by atoms with Gasteiger partial charge in [-0.3, -0.25) is 10.1 Å². The zero-order valence-corrected chi connectivity index (χ0v) is 11.1. The molecule has 7 nitrogen and oxygen atoms in total. The van der Waals surface area contributed by atoms with E-state index in [0.717, 1.165) is 18.2 Å². The molecule has 1 rings (SSSR count). The molecule has 0 radical (unpaired) electrons. The summed E-state index contributed by atoms with van der Waals surface area (Å²) in [5.74, 6) is -1.88. The van der Waals surface area contributed by atoms with Gasteiger partial charge in [0.1, 0.15) is 0 Å². The normalized spacial score (nSPS) is 9.95. The molecule has 0 atom stereocenters. The van der Waals surface area contributed by atoms with Crippen molar-refractivity contribution in [2.24, 2.45) is 0 Å². The van der Waals surface area contributed by atoms with Crippen LogP contribution in [0.3, 0.4) is 0 Å². The van der Waals surface area contributed by atoms with Crippen molar-refractivity contribution < 1.29 is 23.9 Å². The average Bonchev–Trinajstić information content (AvgIpc) is 2.83. The smallest absolute Gasteiger partial charge is 0.371 e. The van der Waals surface area contributed by atoms with Gasteiger partial charge in [0, 0.05) is 6.54 Å². The van der Waals surface area contributed by atoms with Gasteiger partial charge in [0.2, 0.25) is 11.7 Å². The Labute approximate surface area is 113 Å². The Balaban J connectivity index is 2.33. The maximum Gasteiger partial charge on any atom is 0.371 e. The lowest BCUT2D eigenvalue weighted by Gasteiger charge is -2.04. The first-order valence-corrected chi connectivity index (χ1v) is 6.55. The topological polar surface area (TPSA) is 109 Å². The maximum atomic E-state index is 11.4. The highest BCUT2D eigenvalue weighted by Gasteiger charge is 2.12. The molecule has 1 aromatic rings. The lowest BCUT2D eigenvalue weighted by atomic mass is 10.5. The van der Waals surface area contributed by atoms with E-state index in [2.05, 4.69) is 10.6 Å². The van der Waals surface area contributed by atoms with Crippen LogP contribution < -0.4 is 10.6 Å². The van der Waals surface area contributed by atoms with Gasteiger partial charge in [0.25, 0.3) is 0 Å². The van der Waals surface area contributed by atoms with E-state index < -0.39 is 17.9 Å². The van der Waals surface area contributed by atoms with Crippen molar-refractivity contribution in [3.8, 4) is 0 Å². The fourth-order valence-electron chi connectivity index (χ4n) is 1.09. The molecule has 0 aliphatic rings. The largest absolute Gasteiger partial charge is 0.475 e. The molecule has 3 amide bonds. The number of thioether (sulfide) groups is 1. The van der Waals surface area contributed by atoms with E-state index in [1.54, 1.807) is 0 Å². The van der Waals surface area contributed by atoms with Crippen molar-refractivity contribution in [3.05, 3.63) is 17.9 Å². The first kappa shape index (κ1) is 15.1. The molecule has 0 aliphatic heterocycles. The van der Waals surface area contributed by atoms with Crippen molar-refractivity contribution in [1.29, 1.82) is 0 Å². The maximum absolute atomic E-state index is 11.4. The fourth-order valence-corrected chi connectivity index (χ4v) is 1.75. The first-order valence-electron chi connectivity index (χ1n) is 5.56. The highest BCUT2D eigenvalue weighted by molar-refractivity contribution is 7.99. The molecule has 0 bridgehead atoms. The molecule has 19 heavy (non-hydrogen) atoms. The van der Waals surface area contributed by atoms with Crippen LogP contribution in [0.4, 0.5) is 4.79 Å². The Morgan fingerprint density at radius 2 is 2.11 bits per heavy atom. The second-order valence-corrected chi connectivity index (χ2v) is 4.50. The van der Waals surface area contributed by atoms with E-state index in [1.807, 2.05) is 6.92 Å². The molecule has 1 aromatic heterocycles. The number of furan rings is 1. The lowest BCUT2D eigenvalue weighted by Crippen LogP contribution is -2.40. The van der Waals surface area contributed by atoms with Crippen LogP contribution in [-0.4, -0.2) is 35.3 Å². The van der Waals surface area contributed by atoms with Gasteiger partial charge in [-0.15, -0.1) is 0 Å². The van der Waals surface area contributed by atoms with E-state index >= 15 is 0 Å². The molecular formula is C11H14N2O5S. The van der Waals surface area contributed by atoms with Crippen LogP contribution >= 0.6 is 11.8 Å². The Morgan fingerprint density at radius 3 is 2.68 bits per heavy atom. The molecule has 0 fully saturated rings. The molecular weight excluding hydrogens is 272 g/mol. The summed E-state index contributed by atoms with van der Waals surface area (Å²) in [5.41, 5.74) is 0. The third kappa shape index (κ3) is 5.47. The summed E-state index contributed by atoms with van der Waals surface area (Å²) in [6, 6.07) is 2.22. The van der Waals surface area contributed by atoms with Crippen LogP contribution in [0.5, 0.6) is 0 Å². The van der Waals surface area contributed by atoms with E-state index in [-0.39, 0.29) is 11.5 Å². The van der Waals surface area contributed by atoms with Crippen molar-refractivity contribution in [2.75, 3.05) is 12.3 Å². The van der Waals surface area contributed by atoms with Crippen LogP contribution in [0, 0.1) is 0 Å². The Bertz CT molecular complexity index is 471. The number of hydrogen-bond donors (Lipinski definition) is 3. The van der Waals surface area contributed by atoms with Gasteiger partial charge >= 0.3 is 12.0 Å². The van der Waals surface area contributed by atoms with Gasteiger partial charge < -0.3 is 14.8 Å². The summed E-state index contributed by atoms with van der Waals surface area (Å²) < 4.78 is 4.95. The predicted octanol–water partition coefficient (Wildman–Crippen LogP) is 1.31. The van der Waals surface area contributed by atoms with E-state index in [0.29, 0.717) is 11.6 Å². The van der Waals surface area contributed by atoms with Gasteiger partial charge in [0.15, 0.2) is 5.09 Å². The van der Waals surface area contributed by atoms with E-state index in [1.165, 1.54) is 12.1 Å². The average molecular weight is 286 g/mol. The summed E-state index contributed by atoms with van der Waals surface area (Å²) in [4.78, 5) is 33.1. The summed E-state index contributed by atoms with van der Waals surface area (Å²) in [6.45, 7) is 2.39. The summed E-state index contributed by atoms with van der Waals surface area (Å²) >= 11 is 1.01. The number of urea groups is 1. The standard InChI is InChI=1S/C11H14N2O5S/c1-2-5-12-11(17)13-8(14)6-19-9-4-3-7(18-9)10(15)16/h3-4H,2,5-6H2,1H3,(H,15,16)(H2,12,13,14,17). The van der Waals surface area contributed by atoms with Gasteiger partial charge in [-0.1, -0.05) is 18.7 Å². The van der Waals surface area contributed by atoms with E-state index in [4.69, 9.17) is 9.52 Å². The molecule has 0 spiro atoms. The van der Waals surface area contributed by atoms with Crippen LogP contribution in [0.15, 0.2) is 21.6 Å². The Hall–Kier alpha value is -1.96. The minimum absolute atomic E-state index is 0.0356. The number of carbonyl (C=O) groups is 3. The Kier molecular flexibility index (Phi) is 5.94. The molecule has 0 unspecified atom stereocenters. The van der Waals surface area contributed by atoms with Gasteiger partial charge in [0.05, 0.1) is 5.75 Å². The molecule has 8 heteroatoms. The fraction of sp³-hybridized carbons (Fsp3) is 0.364. The number of nitrogens with one attached hydrogen (secondary N) is 2. The molecule has 1 heterocycles. The second kappa shape index (κ2) is 7.47. The number of carbonyl (C=O) groups excluding carboxylic acids is 2. The molecule has 0 aliphatic carbocycles. The number of carboxylic acids is 1. The predicted molar refractivity (Wildman–Crippen MR) is 68.2 cm³/mol. The highest BCUT2D eigenvalue weighted by Crippen LogP contribution is 2.20. The third-order valence-corrected chi connectivity index (χ3v) is 2.84. The number of rotatable bonds is 6. The van der Waals surface area contributed by atoms with Gasteiger partial charge in [-0.25, -0.2) is 9.59 Å². The van der Waals surface area contributed by atoms with Crippen LogP contribution in [-0.2, 0) is 4.79 Å². The molecule has 0 aromatic carbocycles. The minimum Gasteiger partial charge on any atom is -0.475 e. The van der Waals surface area contributed by atoms with Gasteiger partial charge in [-0.05, 0) is 18.6 Å². The molecule has 3 N–H and O–H groups in total. The van der Waals surface area contributed by atoms with Crippen LogP contribution in [0.2, 0.25) is 0 Å². The highest BCUT2D eigenvalue weighted by atomic mass is 32.2. The number of carboxylic acid groups (broad SMARTS) is 1. The summed E-state index contributed by atoms with van der Waals surface area (Å²) in [5, 5.41) is 13.6.